The van der Waals surface area contributed by atoms with Crippen molar-refractivity contribution in [2.45, 2.75) is 11.4 Å². The monoisotopic (exact) mass is 429 g/mol. The van der Waals surface area contributed by atoms with Crippen LogP contribution >= 0.6 is 34.5 Å². The van der Waals surface area contributed by atoms with Crippen molar-refractivity contribution < 1.29 is 13.5 Å². The van der Waals surface area contributed by atoms with E-state index >= 15 is 0 Å². The van der Waals surface area contributed by atoms with Gasteiger partial charge in [-0.1, -0.05) is 23.2 Å². The quantitative estimate of drug-likeness (QED) is 0.533. The Morgan fingerprint density at radius 2 is 1.88 bits per heavy atom. The molecule has 0 fully saturated rings. The molecule has 1 heterocycles. The summed E-state index contributed by atoms with van der Waals surface area (Å²) in [5.74, 6) is -0.0459. The minimum atomic E-state index is -3.69. The molecule has 136 valence electrons. The van der Waals surface area contributed by atoms with Gasteiger partial charge in [-0.05, 0) is 36.4 Å². The number of thiazole rings is 1. The molecule has 0 bridgehead atoms. The number of halogens is 2. The summed E-state index contributed by atoms with van der Waals surface area (Å²) in [4.78, 5) is 4.02. The average molecular weight is 430 g/mol. The predicted molar refractivity (Wildman–Crippen MR) is 105 cm³/mol. The van der Waals surface area contributed by atoms with E-state index in [1.165, 1.54) is 35.7 Å². The maximum absolute atomic E-state index is 12.3. The first-order chi connectivity index (χ1) is 12.3. The first-order valence-corrected chi connectivity index (χ1v) is 10.4. The molecular formula is C16H13Cl2N3O3S2. The van der Waals surface area contributed by atoms with E-state index in [0.29, 0.717) is 21.4 Å². The highest BCUT2D eigenvalue weighted by Crippen LogP contribution is 2.31. The first kappa shape index (κ1) is 18.8. The number of aromatic hydroxyl groups is 1. The zero-order valence-electron chi connectivity index (χ0n) is 13.1. The number of sulfonamides is 1. The minimum absolute atomic E-state index is 0.0459. The molecule has 0 atom stereocenters. The Balaban J connectivity index is 1.70. The van der Waals surface area contributed by atoms with Crippen LogP contribution in [-0.4, -0.2) is 18.5 Å². The molecule has 1 aromatic heterocycles. The van der Waals surface area contributed by atoms with Crippen LogP contribution in [-0.2, 0) is 16.6 Å². The number of nitrogens with one attached hydrogen (secondary N) is 2. The Kier molecular flexibility index (Phi) is 5.57. The summed E-state index contributed by atoms with van der Waals surface area (Å²) in [5.41, 5.74) is 1.21. The molecule has 2 aromatic carbocycles. The molecule has 0 amide bonds. The second-order valence-electron chi connectivity index (χ2n) is 5.22. The van der Waals surface area contributed by atoms with E-state index in [1.807, 2.05) is 0 Å². The molecule has 3 aromatic rings. The lowest BCUT2D eigenvalue weighted by atomic mass is 10.2. The summed E-state index contributed by atoms with van der Waals surface area (Å²) in [6.07, 6.45) is 1.52. The van der Waals surface area contributed by atoms with Gasteiger partial charge in [0.15, 0.2) is 5.13 Å². The van der Waals surface area contributed by atoms with Crippen molar-refractivity contribution in [3.05, 3.63) is 63.6 Å². The van der Waals surface area contributed by atoms with E-state index < -0.39 is 10.0 Å². The molecule has 3 N–H and O–H groups in total. The normalized spacial score (nSPS) is 11.3. The van der Waals surface area contributed by atoms with Crippen LogP contribution in [0.3, 0.4) is 0 Å². The summed E-state index contributed by atoms with van der Waals surface area (Å²) in [6, 6.07) is 9.26. The summed E-state index contributed by atoms with van der Waals surface area (Å²) in [7, 11) is -3.69. The van der Waals surface area contributed by atoms with Crippen LogP contribution in [0.5, 0.6) is 5.75 Å². The predicted octanol–water partition coefficient (Wildman–Crippen LogP) is 4.57. The molecule has 6 nitrogen and oxygen atoms in total. The SMILES string of the molecule is O=S(=O)(Nc1nccs1)c1ccc(NCc2cc(Cl)cc(Cl)c2O)cc1. The van der Waals surface area contributed by atoms with Crippen LogP contribution in [0.4, 0.5) is 10.8 Å². The van der Waals surface area contributed by atoms with Crippen molar-refractivity contribution in [2.24, 2.45) is 0 Å². The maximum atomic E-state index is 12.3. The number of benzene rings is 2. The molecular weight excluding hydrogens is 417 g/mol. The summed E-state index contributed by atoms with van der Waals surface area (Å²) < 4.78 is 27.0. The number of phenolic OH excluding ortho intramolecular Hbond substituents is 1. The minimum Gasteiger partial charge on any atom is -0.506 e. The topological polar surface area (TPSA) is 91.3 Å². The Morgan fingerprint density at radius 3 is 2.54 bits per heavy atom. The Bertz CT molecular complexity index is 1010. The number of phenols is 1. The second-order valence-corrected chi connectivity index (χ2v) is 8.64. The van der Waals surface area contributed by atoms with Crippen LogP contribution in [0.15, 0.2) is 52.9 Å². The molecule has 10 heteroatoms. The highest BCUT2D eigenvalue weighted by Gasteiger charge is 2.15. The van der Waals surface area contributed by atoms with Gasteiger partial charge in [-0.15, -0.1) is 11.3 Å². The van der Waals surface area contributed by atoms with Gasteiger partial charge in [-0.2, -0.15) is 0 Å². The van der Waals surface area contributed by atoms with Gasteiger partial charge in [-0.3, -0.25) is 4.72 Å². The number of nitrogens with zero attached hydrogens (tertiary/aromatic N) is 1. The van der Waals surface area contributed by atoms with E-state index in [-0.39, 0.29) is 22.2 Å². The molecule has 0 unspecified atom stereocenters. The van der Waals surface area contributed by atoms with E-state index in [2.05, 4.69) is 15.0 Å². The third-order valence-electron chi connectivity index (χ3n) is 3.41. The van der Waals surface area contributed by atoms with E-state index in [4.69, 9.17) is 23.2 Å². The molecule has 0 aliphatic heterocycles. The molecule has 0 radical (unpaired) electrons. The molecule has 26 heavy (non-hydrogen) atoms. The van der Waals surface area contributed by atoms with Gasteiger partial charge in [0.1, 0.15) is 5.75 Å². The molecule has 0 aliphatic carbocycles. The smallest absolute Gasteiger partial charge is 0.263 e. The third-order valence-corrected chi connectivity index (χ3v) is 6.09. The van der Waals surface area contributed by atoms with Crippen molar-refractivity contribution in [2.75, 3.05) is 10.0 Å². The lowest BCUT2D eigenvalue weighted by molar-refractivity contribution is 0.469. The van der Waals surface area contributed by atoms with Gasteiger partial charge in [0, 0.05) is 34.4 Å². The van der Waals surface area contributed by atoms with Crippen LogP contribution < -0.4 is 10.0 Å². The van der Waals surface area contributed by atoms with Crippen molar-refractivity contribution in [1.29, 1.82) is 0 Å². The largest absolute Gasteiger partial charge is 0.506 e. The molecule has 0 spiro atoms. The highest BCUT2D eigenvalue weighted by atomic mass is 35.5. The third kappa shape index (κ3) is 4.39. The Hall–Kier alpha value is -2.00. The Labute approximate surface area is 164 Å². The van der Waals surface area contributed by atoms with Crippen molar-refractivity contribution in [1.82, 2.24) is 4.98 Å². The average Bonchev–Trinajstić information content (AvgIpc) is 3.09. The van der Waals surface area contributed by atoms with Gasteiger partial charge in [0.25, 0.3) is 10.0 Å². The van der Waals surface area contributed by atoms with Gasteiger partial charge in [0.05, 0.1) is 9.92 Å². The van der Waals surface area contributed by atoms with Crippen LogP contribution in [0.25, 0.3) is 0 Å². The summed E-state index contributed by atoms with van der Waals surface area (Å²) in [6.45, 7) is 0.273. The zero-order chi connectivity index (χ0) is 18.7. The fourth-order valence-electron chi connectivity index (χ4n) is 2.15. The van der Waals surface area contributed by atoms with Crippen molar-refractivity contribution >= 4 is 55.4 Å². The van der Waals surface area contributed by atoms with Crippen LogP contribution in [0, 0.1) is 0 Å². The lowest BCUT2D eigenvalue weighted by Gasteiger charge is -2.11. The fraction of sp³-hybridized carbons (Fsp3) is 0.0625. The number of rotatable bonds is 6. The number of hydrogen-bond acceptors (Lipinski definition) is 6. The van der Waals surface area contributed by atoms with Gasteiger partial charge >= 0.3 is 0 Å². The second kappa shape index (κ2) is 7.71. The van der Waals surface area contributed by atoms with Crippen LogP contribution in [0.2, 0.25) is 10.0 Å². The van der Waals surface area contributed by atoms with E-state index in [9.17, 15) is 13.5 Å². The zero-order valence-corrected chi connectivity index (χ0v) is 16.3. The Morgan fingerprint density at radius 1 is 1.15 bits per heavy atom. The molecule has 3 rings (SSSR count). The van der Waals surface area contributed by atoms with Crippen molar-refractivity contribution in [3.63, 3.8) is 0 Å². The molecule has 0 saturated carbocycles. The molecule has 0 saturated heterocycles. The summed E-state index contributed by atoms with van der Waals surface area (Å²) >= 11 is 13.0. The van der Waals surface area contributed by atoms with E-state index in [1.54, 1.807) is 23.6 Å². The first-order valence-electron chi connectivity index (χ1n) is 7.28. The lowest BCUT2D eigenvalue weighted by Crippen LogP contribution is -2.12. The number of anilines is 2. The maximum Gasteiger partial charge on any atom is 0.263 e. The van der Waals surface area contributed by atoms with E-state index in [0.717, 1.165) is 0 Å². The van der Waals surface area contributed by atoms with Gasteiger partial charge < -0.3 is 10.4 Å². The highest BCUT2D eigenvalue weighted by molar-refractivity contribution is 7.93. The summed E-state index contributed by atoms with van der Waals surface area (Å²) in [5, 5.41) is 15.6. The standard InChI is InChI=1S/C16H13Cl2N3O3S2/c17-11-7-10(15(22)14(18)8-11)9-20-12-1-3-13(4-2-12)26(23,24)21-16-19-5-6-25-16/h1-8,20,22H,9H2,(H,19,21). The van der Waals surface area contributed by atoms with Crippen LogP contribution in [0.1, 0.15) is 5.56 Å². The van der Waals surface area contributed by atoms with Gasteiger partial charge in [0.2, 0.25) is 0 Å². The number of aromatic nitrogens is 1. The van der Waals surface area contributed by atoms with Gasteiger partial charge in [-0.25, -0.2) is 13.4 Å². The fourth-order valence-corrected chi connectivity index (χ4v) is 4.48. The van der Waals surface area contributed by atoms with Crippen molar-refractivity contribution in [3.8, 4) is 5.75 Å². The molecule has 0 aliphatic rings. The number of hydrogen-bond donors (Lipinski definition) is 3.